The highest BCUT2D eigenvalue weighted by Gasteiger charge is 2.41. The Kier molecular flexibility index (Phi) is 4.97. The third kappa shape index (κ3) is 3.04. The van der Waals surface area contributed by atoms with E-state index in [0.29, 0.717) is 5.75 Å². The Morgan fingerprint density at radius 1 is 1.41 bits per heavy atom. The number of hydrogen-bond donors (Lipinski definition) is 1. The van der Waals surface area contributed by atoms with Gasteiger partial charge in [-0.25, -0.2) is 0 Å². The Hall–Kier alpha value is -2.15. The van der Waals surface area contributed by atoms with Crippen molar-refractivity contribution in [3.8, 4) is 0 Å². The van der Waals surface area contributed by atoms with Gasteiger partial charge in [0.1, 0.15) is 11.1 Å². The van der Waals surface area contributed by atoms with Crippen LogP contribution in [0.5, 0.6) is 0 Å². The first kappa shape index (κ1) is 16.2. The van der Waals surface area contributed by atoms with Crippen molar-refractivity contribution in [2.24, 2.45) is 0 Å². The number of carbonyl (C=O) groups excluding carboxylic acids is 2. The van der Waals surface area contributed by atoms with Crippen molar-refractivity contribution >= 4 is 29.4 Å². The summed E-state index contributed by atoms with van der Waals surface area (Å²) < 4.78 is 0. The topological polar surface area (TPSA) is 87.6 Å². The zero-order chi connectivity index (χ0) is 16.3. The zero-order valence-electron chi connectivity index (χ0n) is 12.3. The Morgan fingerprint density at radius 3 is 2.68 bits per heavy atom. The molecule has 7 heteroatoms. The number of rotatable bonds is 6. The number of thioether (sulfide) groups is 1. The van der Waals surface area contributed by atoms with Gasteiger partial charge in [-0.05, 0) is 17.9 Å². The summed E-state index contributed by atoms with van der Waals surface area (Å²) in [5, 5.41) is 8.55. The maximum atomic E-state index is 12.7. The average Bonchev–Trinajstić information content (AvgIpc) is 2.72. The number of likely N-dealkylation sites (N-methyl/N-ethyl adjacent to an activating group) is 1. The maximum absolute atomic E-state index is 12.7. The van der Waals surface area contributed by atoms with E-state index in [2.05, 4.69) is 4.98 Å². The van der Waals surface area contributed by atoms with E-state index in [1.165, 1.54) is 22.9 Å². The molecule has 0 aromatic carbocycles. The van der Waals surface area contributed by atoms with Crippen LogP contribution in [0.2, 0.25) is 0 Å². The summed E-state index contributed by atoms with van der Waals surface area (Å²) in [5.74, 6) is -1.24. The van der Waals surface area contributed by atoms with Gasteiger partial charge in [0.15, 0.2) is 0 Å². The van der Waals surface area contributed by atoms with E-state index >= 15 is 0 Å². The number of amides is 1. The summed E-state index contributed by atoms with van der Waals surface area (Å²) in [6.07, 6.45) is 1.03. The molecule has 1 aromatic rings. The standard InChI is InChI=1S/C15H16N2O4S/c1-3-22-15-12(13(20)10-6-4-5-7-16-10)9(8-11(18)19)14(21)17(15)2/h4-7,15H,3,8H2,1-2H3,(H,18,19)/t15-/m0/s1. The fourth-order valence-electron chi connectivity index (χ4n) is 2.34. The molecule has 6 nitrogen and oxygen atoms in total. The van der Waals surface area contributed by atoms with Crippen molar-refractivity contribution in [2.75, 3.05) is 12.8 Å². The molecule has 0 spiro atoms. The van der Waals surface area contributed by atoms with Gasteiger partial charge in [-0.1, -0.05) is 13.0 Å². The van der Waals surface area contributed by atoms with Gasteiger partial charge in [-0.15, -0.1) is 11.8 Å². The van der Waals surface area contributed by atoms with Crippen LogP contribution in [-0.2, 0) is 9.59 Å². The molecule has 1 aliphatic heterocycles. The first-order valence-corrected chi connectivity index (χ1v) is 7.81. The molecule has 0 saturated heterocycles. The van der Waals surface area contributed by atoms with Gasteiger partial charge in [0.2, 0.25) is 5.78 Å². The van der Waals surface area contributed by atoms with Crippen LogP contribution in [0.3, 0.4) is 0 Å². The lowest BCUT2D eigenvalue weighted by Gasteiger charge is -2.21. The minimum absolute atomic E-state index is 0.0524. The molecule has 1 aliphatic rings. The van der Waals surface area contributed by atoms with Crippen LogP contribution < -0.4 is 0 Å². The molecule has 22 heavy (non-hydrogen) atoms. The third-order valence-electron chi connectivity index (χ3n) is 3.30. The van der Waals surface area contributed by atoms with Gasteiger partial charge in [-0.2, -0.15) is 0 Å². The lowest BCUT2D eigenvalue weighted by molar-refractivity contribution is -0.137. The molecular weight excluding hydrogens is 304 g/mol. The molecule has 1 atom stereocenters. The minimum Gasteiger partial charge on any atom is -0.481 e. The second-order valence-corrected chi connectivity index (χ2v) is 6.09. The van der Waals surface area contributed by atoms with E-state index in [4.69, 9.17) is 5.11 Å². The summed E-state index contributed by atoms with van der Waals surface area (Å²) in [7, 11) is 1.58. The first-order valence-electron chi connectivity index (χ1n) is 6.76. The monoisotopic (exact) mass is 320 g/mol. The van der Waals surface area contributed by atoms with Gasteiger partial charge < -0.3 is 10.0 Å². The number of ketones is 1. The van der Waals surface area contributed by atoms with Crippen molar-refractivity contribution in [1.29, 1.82) is 0 Å². The lowest BCUT2D eigenvalue weighted by atomic mass is 10.0. The fraction of sp³-hybridized carbons (Fsp3) is 0.333. The van der Waals surface area contributed by atoms with Crippen LogP contribution in [0.1, 0.15) is 23.8 Å². The van der Waals surface area contributed by atoms with Crippen LogP contribution >= 0.6 is 11.8 Å². The molecule has 1 N–H and O–H groups in total. The molecule has 2 rings (SSSR count). The first-order chi connectivity index (χ1) is 10.5. The normalized spacial score (nSPS) is 18.0. The number of aliphatic carboxylic acids is 1. The van der Waals surface area contributed by atoms with Crippen LogP contribution in [0.4, 0.5) is 0 Å². The number of pyridine rings is 1. The van der Waals surface area contributed by atoms with Gasteiger partial charge in [0.05, 0.1) is 6.42 Å². The summed E-state index contributed by atoms with van der Waals surface area (Å²) in [6.45, 7) is 1.92. The summed E-state index contributed by atoms with van der Waals surface area (Å²) in [4.78, 5) is 41.5. The van der Waals surface area contributed by atoms with E-state index in [0.717, 1.165) is 0 Å². The minimum atomic E-state index is -1.13. The van der Waals surface area contributed by atoms with E-state index in [1.807, 2.05) is 6.92 Å². The smallest absolute Gasteiger partial charge is 0.308 e. The number of carboxylic acids is 1. The van der Waals surface area contributed by atoms with Crippen LogP contribution in [-0.4, -0.2) is 50.8 Å². The largest absolute Gasteiger partial charge is 0.481 e. The molecule has 1 aromatic heterocycles. The molecule has 0 radical (unpaired) electrons. The van der Waals surface area contributed by atoms with Crippen LogP contribution in [0, 0.1) is 0 Å². The average molecular weight is 320 g/mol. The number of nitrogens with zero attached hydrogens (tertiary/aromatic N) is 2. The quantitative estimate of drug-likeness (QED) is 0.801. The second kappa shape index (κ2) is 6.74. The van der Waals surface area contributed by atoms with Crippen molar-refractivity contribution in [3.05, 3.63) is 41.2 Å². The molecule has 116 valence electrons. The Morgan fingerprint density at radius 2 is 2.14 bits per heavy atom. The molecule has 0 aliphatic carbocycles. The number of carbonyl (C=O) groups is 3. The third-order valence-corrected chi connectivity index (χ3v) is 4.50. The highest BCUT2D eigenvalue weighted by molar-refractivity contribution is 8.00. The summed E-state index contributed by atoms with van der Waals surface area (Å²) in [5.41, 5.74) is 0.502. The summed E-state index contributed by atoms with van der Waals surface area (Å²) >= 11 is 1.42. The summed E-state index contributed by atoms with van der Waals surface area (Å²) in [6, 6.07) is 4.93. The van der Waals surface area contributed by atoms with Crippen molar-refractivity contribution in [2.45, 2.75) is 18.7 Å². The molecule has 1 amide bonds. The molecular formula is C15H16N2O4S. The molecule has 0 unspecified atom stereocenters. The zero-order valence-corrected chi connectivity index (χ0v) is 13.1. The van der Waals surface area contributed by atoms with Crippen molar-refractivity contribution < 1.29 is 19.5 Å². The van der Waals surface area contributed by atoms with E-state index in [-0.39, 0.29) is 22.6 Å². The highest BCUT2D eigenvalue weighted by Crippen LogP contribution is 2.35. The Balaban J connectivity index is 2.51. The van der Waals surface area contributed by atoms with Crippen molar-refractivity contribution in [3.63, 3.8) is 0 Å². The predicted octanol–water partition coefficient (Wildman–Crippen LogP) is 1.59. The van der Waals surface area contributed by atoms with Crippen molar-refractivity contribution in [1.82, 2.24) is 9.88 Å². The highest BCUT2D eigenvalue weighted by atomic mass is 32.2. The van der Waals surface area contributed by atoms with Gasteiger partial charge in [0, 0.05) is 24.4 Å². The Labute approximate surface area is 132 Å². The number of aromatic nitrogens is 1. The van der Waals surface area contributed by atoms with Crippen LogP contribution in [0.25, 0.3) is 0 Å². The number of Topliss-reactive ketones (excluding diaryl/α,β-unsaturated/α-hetero) is 1. The number of carboxylic acid groups (broad SMARTS) is 1. The Bertz CT molecular complexity index is 642. The van der Waals surface area contributed by atoms with E-state index in [1.54, 1.807) is 25.2 Å². The fourth-order valence-corrected chi connectivity index (χ4v) is 3.39. The van der Waals surface area contributed by atoms with E-state index < -0.39 is 23.7 Å². The number of hydrogen-bond acceptors (Lipinski definition) is 5. The maximum Gasteiger partial charge on any atom is 0.308 e. The molecule has 2 heterocycles. The van der Waals surface area contributed by atoms with E-state index in [9.17, 15) is 14.4 Å². The molecule has 0 fully saturated rings. The second-order valence-electron chi connectivity index (χ2n) is 4.73. The molecule has 0 bridgehead atoms. The predicted molar refractivity (Wildman–Crippen MR) is 82.5 cm³/mol. The SMILES string of the molecule is CCS[C@H]1C(C(=O)c2ccccn2)=C(CC(=O)O)C(=O)N1C. The van der Waals surface area contributed by atoms with Crippen LogP contribution in [0.15, 0.2) is 35.5 Å². The van der Waals surface area contributed by atoms with Gasteiger partial charge in [0.25, 0.3) is 5.91 Å². The molecule has 0 saturated carbocycles. The lowest BCUT2D eigenvalue weighted by Crippen LogP contribution is -2.31. The van der Waals surface area contributed by atoms with Gasteiger partial charge in [-0.3, -0.25) is 19.4 Å². The van der Waals surface area contributed by atoms with Gasteiger partial charge >= 0.3 is 5.97 Å².